The van der Waals surface area contributed by atoms with Gasteiger partial charge in [-0.15, -0.1) is 0 Å². The molecule has 2 aromatic carbocycles. The summed E-state index contributed by atoms with van der Waals surface area (Å²) in [7, 11) is 1.67. The fraction of sp³-hybridized carbons (Fsp3) is 0.520. The normalized spacial score (nSPS) is 29.2. The Kier molecular flexibility index (Phi) is 5.53. The van der Waals surface area contributed by atoms with E-state index in [1.165, 1.54) is 50.7 Å². The van der Waals surface area contributed by atoms with Crippen LogP contribution in [0, 0.1) is 23.6 Å². The van der Waals surface area contributed by atoms with E-state index < -0.39 is 0 Å². The molecule has 4 fully saturated rings. The van der Waals surface area contributed by atoms with Gasteiger partial charge in [0.05, 0.1) is 7.11 Å². The Hall–Kier alpha value is -1.59. The van der Waals surface area contributed by atoms with Gasteiger partial charge in [0, 0.05) is 22.1 Å². The number of methoxy groups -OCH3 is 1. The Morgan fingerprint density at radius 3 is 2.23 bits per heavy atom. The first-order valence-corrected chi connectivity index (χ1v) is 11.8. The van der Waals surface area contributed by atoms with Crippen molar-refractivity contribution in [2.24, 2.45) is 17.8 Å². The summed E-state index contributed by atoms with van der Waals surface area (Å²) < 4.78 is 26.1. The van der Waals surface area contributed by atoms with E-state index in [4.69, 9.17) is 9.47 Å². The minimum Gasteiger partial charge on any atom is -0.493 e. The molecular weight excluding hydrogens is 445 g/mol. The van der Waals surface area contributed by atoms with Gasteiger partial charge >= 0.3 is 0 Å². The van der Waals surface area contributed by atoms with Crippen LogP contribution >= 0.6 is 15.9 Å². The molecule has 4 saturated carbocycles. The first kappa shape index (κ1) is 20.3. The van der Waals surface area contributed by atoms with Crippen molar-refractivity contribution in [1.82, 2.24) is 5.32 Å². The van der Waals surface area contributed by atoms with Crippen LogP contribution in [0.1, 0.15) is 49.7 Å². The number of hydrogen-bond acceptors (Lipinski definition) is 3. The number of halogens is 2. The average Bonchev–Trinajstić information content (AvgIpc) is 2.71. The first-order valence-electron chi connectivity index (χ1n) is 11.0. The molecule has 3 nitrogen and oxygen atoms in total. The Morgan fingerprint density at radius 1 is 1.00 bits per heavy atom. The third kappa shape index (κ3) is 3.99. The number of hydrogen-bond donors (Lipinski definition) is 1. The lowest BCUT2D eigenvalue weighted by Crippen LogP contribution is -2.58. The van der Waals surface area contributed by atoms with Crippen LogP contribution < -0.4 is 14.8 Å². The smallest absolute Gasteiger partial charge is 0.167 e. The molecule has 0 atom stereocenters. The van der Waals surface area contributed by atoms with E-state index in [0.29, 0.717) is 6.61 Å². The summed E-state index contributed by atoms with van der Waals surface area (Å²) in [6.07, 6.45) is 8.26. The van der Waals surface area contributed by atoms with Crippen molar-refractivity contribution in [2.75, 3.05) is 7.11 Å². The van der Waals surface area contributed by atoms with E-state index in [1.54, 1.807) is 19.2 Å². The monoisotopic (exact) mass is 473 g/mol. The topological polar surface area (TPSA) is 30.5 Å². The van der Waals surface area contributed by atoms with Crippen molar-refractivity contribution in [2.45, 2.75) is 57.2 Å². The molecular formula is C25H29BrFNO2. The highest BCUT2D eigenvalue weighted by atomic mass is 79.9. The molecule has 0 unspecified atom stereocenters. The standard InChI is InChI=1S/C25H29BrFNO2/c1-29-23-7-6-22(26)21(24(23)30-15-16-2-4-20(27)5-3-16)14-28-25-11-17-8-18(12-25)10-19(9-17)13-25/h2-7,17-19,28H,8-15H2,1H3. The van der Waals surface area contributed by atoms with Crippen LogP contribution in [-0.2, 0) is 13.2 Å². The van der Waals surface area contributed by atoms with E-state index >= 15 is 0 Å². The van der Waals surface area contributed by atoms with Crippen LogP contribution in [0.5, 0.6) is 11.5 Å². The summed E-state index contributed by atoms with van der Waals surface area (Å²) in [6, 6.07) is 10.4. The highest BCUT2D eigenvalue weighted by Gasteiger charge is 2.50. The zero-order valence-electron chi connectivity index (χ0n) is 17.4. The van der Waals surface area contributed by atoms with Crippen LogP contribution in [0.4, 0.5) is 4.39 Å². The fourth-order valence-corrected chi connectivity index (χ4v) is 6.86. The van der Waals surface area contributed by atoms with E-state index in [0.717, 1.165) is 51.4 Å². The summed E-state index contributed by atoms with van der Waals surface area (Å²) in [6.45, 7) is 1.13. The Labute approximate surface area is 186 Å². The van der Waals surface area contributed by atoms with Crippen LogP contribution in [-0.4, -0.2) is 12.6 Å². The van der Waals surface area contributed by atoms with E-state index in [-0.39, 0.29) is 11.4 Å². The summed E-state index contributed by atoms with van der Waals surface area (Å²) in [5, 5.41) is 3.97. The van der Waals surface area contributed by atoms with Crippen molar-refractivity contribution in [3.63, 3.8) is 0 Å². The molecule has 0 radical (unpaired) electrons. The molecule has 4 aliphatic rings. The summed E-state index contributed by atoms with van der Waals surface area (Å²) in [5.41, 5.74) is 2.30. The molecule has 0 saturated heterocycles. The molecule has 4 bridgehead atoms. The highest BCUT2D eigenvalue weighted by Crippen LogP contribution is 2.55. The molecule has 4 aliphatic carbocycles. The minimum absolute atomic E-state index is 0.237. The van der Waals surface area contributed by atoms with Gasteiger partial charge < -0.3 is 14.8 Å². The van der Waals surface area contributed by atoms with Crippen molar-refractivity contribution in [3.05, 3.63) is 57.8 Å². The molecule has 0 heterocycles. The second-order valence-electron chi connectivity index (χ2n) is 9.52. The number of nitrogens with one attached hydrogen (secondary N) is 1. The highest BCUT2D eigenvalue weighted by molar-refractivity contribution is 9.10. The number of rotatable bonds is 7. The van der Waals surface area contributed by atoms with Gasteiger partial charge in [-0.2, -0.15) is 0 Å². The predicted octanol–water partition coefficient (Wildman–Crippen LogP) is 6.23. The molecule has 2 aromatic rings. The van der Waals surface area contributed by atoms with Crippen molar-refractivity contribution >= 4 is 15.9 Å². The maximum atomic E-state index is 13.2. The summed E-state index contributed by atoms with van der Waals surface area (Å²) in [4.78, 5) is 0. The van der Waals surface area contributed by atoms with Gasteiger partial charge in [0.15, 0.2) is 11.5 Å². The van der Waals surface area contributed by atoms with Crippen molar-refractivity contribution in [3.8, 4) is 11.5 Å². The molecule has 0 aromatic heterocycles. The Balaban J connectivity index is 1.35. The van der Waals surface area contributed by atoms with E-state index in [9.17, 15) is 4.39 Å². The van der Waals surface area contributed by atoms with Crippen LogP contribution in [0.2, 0.25) is 0 Å². The molecule has 6 rings (SSSR count). The minimum atomic E-state index is -0.237. The fourth-order valence-electron chi connectivity index (χ4n) is 6.41. The molecule has 0 spiro atoms. The molecule has 160 valence electrons. The maximum absolute atomic E-state index is 13.2. The molecule has 0 aliphatic heterocycles. The predicted molar refractivity (Wildman–Crippen MR) is 119 cm³/mol. The third-order valence-corrected chi connectivity index (χ3v) is 8.10. The second kappa shape index (κ2) is 8.16. The van der Waals surface area contributed by atoms with Crippen LogP contribution in [0.3, 0.4) is 0 Å². The quantitative estimate of drug-likeness (QED) is 0.516. The van der Waals surface area contributed by atoms with Crippen LogP contribution in [0.25, 0.3) is 0 Å². The van der Waals surface area contributed by atoms with Gasteiger partial charge in [-0.3, -0.25) is 0 Å². The average molecular weight is 474 g/mol. The lowest BCUT2D eigenvalue weighted by atomic mass is 9.53. The van der Waals surface area contributed by atoms with Gasteiger partial charge in [0.25, 0.3) is 0 Å². The van der Waals surface area contributed by atoms with E-state index in [2.05, 4.69) is 21.2 Å². The molecule has 5 heteroatoms. The zero-order valence-corrected chi connectivity index (χ0v) is 19.0. The number of benzene rings is 2. The third-order valence-electron chi connectivity index (χ3n) is 7.36. The Morgan fingerprint density at radius 2 is 1.63 bits per heavy atom. The van der Waals surface area contributed by atoms with E-state index in [1.807, 2.05) is 12.1 Å². The molecule has 1 N–H and O–H groups in total. The van der Waals surface area contributed by atoms with Gasteiger partial charge in [-0.1, -0.05) is 28.1 Å². The molecule has 30 heavy (non-hydrogen) atoms. The lowest BCUT2D eigenvalue weighted by molar-refractivity contribution is -0.0207. The van der Waals surface area contributed by atoms with Gasteiger partial charge in [-0.25, -0.2) is 4.39 Å². The first-order chi connectivity index (χ1) is 14.5. The number of ether oxygens (including phenoxy) is 2. The van der Waals surface area contributed by atoms with Crippen molar-refractivity contribution in [1.29, 1.82) is 0 Å². The van der Waals surface area contributed by atoms with Gasteiger partial charge in [-0.05, 0) is 86.1 Å². The van der Waals surface area contributed by atoms with Crippen molar-refractivity contribution < 1.29 is 13.9 Å². The largest absolute Gasteiger partial charge is 0.493 e. The van der Waals surface area contributed by atoms with Gasteiger partial charge in [0.2, 0.25) is 0 Å². The summed E-state index contributed by atoms with van der Waals surface area (Å²) in [5.74, 6) is 3.97. The van der Waals surface area contributed by atoms with Crippen LogP contribution in [0.15, 0.2) is 40.9 Å². The zero-order chi connectivity index (χ0) is 20.7. The second-order valence-corrected chi connectivity index (χ2v) is 10.4. The summed E-state index contributed by atoms with van der Waals surface area (Å²) >= 11 is 3.73. The SMILES string of the molecule is COc1ccc(Br)c(CNC23CC4CC(CC(C4)C2)C3)c1OCc1ccc(F)cc1. The van der Waals surface area contributed by atoms with Gasteiger partial charge in [0.1, 0.15) is 12.4 Å². The maximum Gasteiger partial charge on any atom is 0.167 e. The Bertz CT molecular complexity index is 879. The lowest BCUT2D eigenvalue weighted by Gasteiger charge is -2.57. The molecule has 0 amide bonds.